The van der Waals surface area contributed by atoms with Gasteiger partial charge in [-0.15, -0.1) is 0 Å². The topological polar surface area (TPSA) is 97.3 Å². The highest BCUT2D eigenvalue weighted by Gasteiger charge is 2.34. The number of carbonyl (C=O) groups excluding carboxylic acids is 1. The molecule has 0 spiro atoms. The lowest BCUT2D eigenvalue weighted by molar-refractivity contribution is -0.384. The van der Waals surface area contributed by atoms with E-state index in [0.29, 0.717) is 6.42 Å². The van der Waals surface area contributed by atoms with Crippen LogP contribution in [0.4, 0.5) is 5.69 Å². The van der Waals surface area contributed by atoms with Crippen LogP contribution < -0.4 is 5.32 Å². The molecule has 2 atom stereocenters. The molecule has 3 aromatic rings. The van der Waals surface area contributed by atoms with E-state index in [1.165, 1.54) is 19.2 Å². The minimum atomic E-state index is -0.518. The van der Waals surface area contributed by atoms with E-state index in [0.717, 1.165) is 27.7 Å². The Labute approximate surface area is 149 Å². The van der Waals surface area contributed by atoms with Gasteiger partial charge in [-0.3, -0.25) is 20.2 Å². The number of benzene rings is 2. The van der Waals surface area contributed by atoms with Crippen LogP contribution in [0.1, 0.15) is 22.9 Å². The summed E-state index contributed by atoms with van der Waals surface area (Å²) in [5.74, 6) is -0.351. The Morgan fingerprint density at radius 1 is 1.23 bits per heavy atom. The van der Waals surface area contributed by atoms with E-state index in [1.807, 2.05) is 30.3 Å². The highest BCUT2D eigenvalue weighted by atomic mass is 16.6. The van der Waals surface area contributed by atoms with Crippen molar-refractivity contribution in [3.8, 4) is 0 Å². The number of nitro benzene ring substituents is 1. The number of carbonyl (C=O) groups is 1. The van der Waals surface area contributed by atoms with Crippen molar-refractivity contribution in [3.63, 3.8) is 0 Å². The van der Waals surface area contributed by atoms with Gasteiger partial charge in [0.05, 0.1) is 18.1 Å². The largest absolute Gasteiger partial charge is 0.468 e. The molecule has 0 saturated heterocycles. The lowest BCUT2D eigenvalue weighted by atomic mass is 9.90. The Bertz CT molecular complexity index is 1010. The predicted molar refractivity (Wildman–Crippen MR) is 95.9 cm³/mol. The number of fused-ring (bicyclic) bond motifs is 3. The molecule has 7 heteroatoms. The minimum absolute atomic E-state index is 0.0159. The quantitative estimate of drug-likeness (QED) is 0.430. The first kappa shape index (κ1) is 16.3. The average molecular weight is 351 g/mol. The van der Waals surface area contributed by atoms with E-state index in [1.54, 1.807) is 6.07 Å². The highest BCUT2D eigenvalue weighted by molar-refractivity contribution is 5.87. The third-order valence-electron chi connectivity index (χ3n) is 4.81. The number of ether oxygens (including phenoxy) is 1. The number of methoxy groups -OCH3 is 1. The normalized spacial score (nSPS) is 19.1. The molecular weight excluding hydrogens is 334 g/mol. The first-order valence-electron chi connectivity index (χ1n) is 8.26. The predicted octanol–water partition coefficient (Wildman–Crippen LogP) is 2.85. The third-order valence-corrected chi connectivity index (χ3v) is 4.81. The number of nitrogens with one attached hydrogen (secondary N) is 2. The van der Waals surface area contributed by atoms with Gasteiger partial charge in [0.1, 0.15) is 6.04 Å². The lowest BCUT2D eigenvalue weighted by Gasteiger charge is -2.30. The fraction of sp³-hybridized carbons (Fsp3) is 0.211. The van der Waals surface area contributed by atoms with Crippen molar-refractivity contribution in [2.75, 3.05) is 7.11 Å². The second-order valence-corrected chi connectivity index (χ2v) is 6.29. The first-order valence-corrected chi connectivity index (χ1v) is 8.26. The van der Waals surface area contributed by atoms with E-state index in [9.17, 15) is 14.9 Å². The molecule has 7 nitrogen and oxygen atoms in total. The zero-order chi connectivity index (χ0) is 18.3. The van der Waals surface area contributed by atoms with Gasteiger partial charge in [-0.2, -0.15) is 0 Å². The number of aromatic amines is 1. The van der Waals surface area contributed by atoms with Gasteiger partial charge in [-0.1, -0.05) is 30.3 Å². The second kappa shape index (κ2) is 6.27. The number of nitro groups is 1. The molecule has 0 saturated carbocycles. The number of aromatic nitrogens is 1. The van der Waals surface area contributed by atoms with Crippen LogP contribution in [0.2, 0.25) is 0 Å². The summed E-state index contributed by atoms with van der Waals surface area (Å²) in [6.45, 7) is 0. The average Bonchev–Trinajstić information content (AvgIpc) is 3.05. The number of hydrogen-bond donors (Lipinski definition) is 2. The number of non-ortho nitro benzene ring substituents is 1. The van der Waals surface area contributed by atoms with Gasteiger partial charge in [0.15, 0.2) is 0 Å². The molecule has 0 fully saturated rings. The fourth-order valence-corrected chi connectivity index (χ4v) is 3.61. The first-order chi connectivity index (χ1) is 12.6. The maximum Gasteiger partial charge on any atom is 0.323 e. The summed E-state index contributed by atoms with van der Waals surface area (Å²) in [6.07, 6.45) is 0.497. The minimum Gasteiger partial charge on any atom is -0.468 e. The van der Waals surface area contributed by atoms with Crippen LogP contribution in [-0.4, -0.2) is 29.0 Å². The summed E-state index contributed by atoms with van der Waals surface area (Å²) >= 11 is 0. The van der Waals surface area contributed by atoms with Crippen molar-refractivity contribution >= 4 is 22.6 Å². The van der Waals surface area contributed by atoms with Crippen molar-refractivity contribution in [1.29, 1.82) is 0 Å². The van der Waals surface area contributed by atoms with Crippen LogP contribution >= 0.6 is 0 Å². The number of esters is 1. The summed E-state index contributed by atoms with van der Waals surface area (Å²) in [6, 6.07) is 13.5. The molecule has 0 aliphatic carbocycles. The van der Waals surface area contributed by atoms with Crippen LogP contribution in [0.15, 0.2) is 48.5 Å². The number of H-pyrrole nitrogens is 1. The molecule has 1 aliphatic heterocycles. The van der Waals surface area contributed by atoms with E-state index < -0.39 is 11.0 Å². The van der Waals surface area contributed by atoms with Crippen molar-refractivity contribution < 1.29 is 14.5 Å². The summed E-state index contributed by atoms with van der Waals surface area (Å²) in [5.41, 5.74) is 3.67. The maximum atomic E-state index is 12.2. The summed E-state index contributed by atoms with van der Waals surface area (Å²) < 4.78 is 4.92. The van der Waals surface area contributed by atoms with Gasteiger partial charge in [-0.25, -0.2) is 0 Å². The zero-order valence-corrected chi connectivity index (χ0v) is 14.1. The van der Waals surface area contributed by atoms with Crippen LogP contribution in [0.3, 0.4) is 0 Å². The van der Waals surface area contributed by atoms with E-state index >= 15 is 0 Å². The van der Waals surface area contributed by atoms with Crippen molar-refractivity contribution in [3.05, 3.63) is 75.5 Å². The molecule has 2 heterocycles. The van der Waals surface area contributed by atoms with E-state index in [4.69, 9.17) is 4.74 Å². The smallest absolute Gasteiger partial charge is 0.323 e. The van der Waals surface area contributed by atoms with Crippen molar-refractivity contribution in [2.45, 2.75) is 18.5 Å². The second-order valence-electron chi connectivity index (χ2n) is 6.29. The summed E-state index contributed by atoms with van der Waals surface area (Å²) in [7, 11) is 1.36. The van der Waals surface area contributed by atoms with Crippen molar-refractivity contribution in [2.24, 2.45) is 0 Å². The fourth-order valence-electron chi connectivity index (χ4n) is 3.61. The van der Waals surface area contributed by atoms with Crippen molar-refractivity contribution in [1.82, 2.24) is 10.3 Å². The zero-order valence-electron chi connectivity index (χ0n) is 14.1. The molecule has 132 valence electrons. The molecule has 4 rings (SSSR count). The summed E-state index contributed by atoms with van der Waals surface area (Å²) in [4.78, 5) is 26.3. The molecule has 2 aromatic carbocycles. The maximum absolute atomic E-state index is 12.2. The summed E-state index contributed by atoms with van der Waals surface area (Å²) in [5, 5.41) is 15.5. The van der Waals surface area contributed by atoms with Gasteiger partial charge >= 0.3 is 5.97 Å². The van der Waals surface area contributed by atoms with E-state index in [2.05, 4.69) is 10.3 Å². The molecule has 1 aromatic heterocycles. The van der Waals surface area contributed by atoms with Crippen LogP contribution in [0.5, 0.6) is 0 Å². The molecule has 0 unspecified atom stereocenters. The monoisotopic (exact) mass is 351 g/mol. The van der Waals surface area contributed by atoms with Crippen LogP contribution in [-0.2, 0) is 16.0 Å². The third kappa shape index (κ3) is 2.62. The standard InChI is InChI=1S/C19H17N3O4/c1-26-19(23)16-10-14-13-7-2-3-8-15(13)20-18(14)17(21-16)11-5-4-6-12(9-11)22(24)25/h2-9,16-17,20-21H,10H2,1H3/t16-,17-/m1/s1. The highest BCUT2D eigenvalue weighted by Crippen LogP contribution is 2.36. The number of nitrogens with zero attached hydrogens (tertiary/aromatic N) is 1. The molecule has 0 radical (unpaired) electrons. The molecule has 2 N–H and O–H groups in total. The van der Waals surface area contributed by atoms with Gasteiger partial charge in [-0.05, 0) is 17.2 Å². The van der Waals surface area contributed by atoms with Gasteiger partial charge in [0.2, 0.25) is 0 Å². The molecule has 1 aliphatic rings. The molecular formula is C19H17N3O4. The number of para-hydroxylation sites is 1. The van der Waals surface area contributed by atoms with Gasteiger partial charge in [0.25, 0.3) is 5.69 Å². The Kier molecular flexibility index (Phi) is 3.93. The molecule has 26 heavy (non-hydrogen) atoms. The number of rotatable bonds is 3. The Morgan fingerprint density at radius 3 is 2.81 bits per heavy atom. The SMILES string of the molecule is COC(=O)[C@H]1Cc2c([nH]c3ccccc23)[C@@H](c2cccc([N+](=O)[O-])c2)N1. The van der Waals surface area contributed by atoms with Crippen LogP contribution in [0.25, 0.3) is 10.9 Å². The Hall–Kier alpha value is -3.19. The van der Waals surface area contributed by atoms with E-state index in [-0.39, 0.29) is 17.7 Å². The Morgan fingerprint density at radius 2 is 2.04 bits per heavy atom. The lowest BCUT2D eigenvalue weighted by Crippen LogP contribution is -2.45. The van der Waals surface area contributed by atoms with Gasteiger partial charge < -0.3 is 9.72 Å². The molecule has 0 amide bonds. The van der Waals surface area contributed by atoms with Gasteiger partial charge in [0, 0.05) is 35.2 Å². The van der Waals surface area contributed by atoms with Crippen LogP contribution in [0, 0.1) is 10.1 Å². The Balaban J connectivity index is 1.87. The number of hydrogen-bond acceptors (Lipinski definition) is 5. The molecule has 0 bridgehead atoms.